The van der Waals surface area contributed by atoms with Crippen molar-refractivity contribution in [2.75, 3.05) is 7.11 Å². The molecule has 0 radical (unpaired) electrons. The van der Waals surface area contributed by atoms with Gasteiger partial charge in [0.05, 0.1) is 22.5 Å². The van der Waals surface area contributed by atoms with Crippen LogP contribution in [0.4, 0.5) is 0 Å². The summed E-state index contributed by atoms with van der Waals surface area (Å²) in [5, 5.41) is 9.49. The summed E-state index contributed by atoms with van der Waals surface area (Å²) in [5.74, 6) is 0.771. The molecule has 5 heteroatoms. The van der Waals surface area contributed by atoms with E-state index < -0.39 is 0 Å². The van der Waals surface area contributed by atoms with Crippen LogP contribution in [0.25, 0.3) is 10.1 Å². The summed E-state index contributed by atoms with van der Waals surface area (Å²) in [6.07, 6.45) is 0.543. The van der Waals surface area contributed by atoms with Gasteiger partial charge in [0.15, 0.2) is 5.78 Å². The van der Waals surface area contributed by atoms with Crippen molar-refractivity contribution >= 4 is 43.1 Å². The van der Waals surface area contributed by atoms with Crippen LogP contribution in [-0.2, 0) is 0 Å². The third kappa shape index (κ3) is 2.55. The minimum atomic E-state index is 0.0211. The Bertz CT molecular complexity index is 642. The quantitative estimate of drug-likeness (QED) is 0.794. The van der Waals surface area contributed by atoms with Gasteiger partial charge in [-0.15, -0.1) is 11.3 Å². The monoisotopic (exact) mass is 323 g/mol. The van der Waals surface area contributed by atoms with Crippen LogP contribution >= 0.6 is 27.3 Å². The highest BCUT2D eigenvalue weighted by Gasteiger charge is 2.12. The second-order valence-corrected chi connectivity index (χ2v) is 5.65. The van der Waals surface area contributed by atoms with E-state index in [1.54, 1.807) is 7.11 Å². The lowest BCUT2D eigenvalue weighted by molar-refractivity contribution is 0.0988. The van der Waals surface area contributed by atoms with Gasteiger partial charge >= 0.3 is 0 Å². The number of nitrogens with zero attached hydrogens (tertiary/aromatic N) is 1. The van der Waals surface area contributed by atoms with E-state index in [-0.39, 0.29) is 18.6 Å². The summed E-state index contributed by atoms with van der Waals surface area (Å²) < 4.78 is 7.10. The highest BCUT2D eigenvalue weighted by molar-refractivity contribution is 9.10. The van der Waals surface area contributed by atoms with E-state index in [1.807, 2.05) is 24.3 Å². The van der Waals surface area contributed by atoms with Crippen LogP contribution < -0.4 is 4.74 Å². The van der Waals surface area contributed by atoms with Gasteiger partial charge in [0.1, 0.15) is 5.75 Å². The molecule has 0 unspecified atom stereocenters. The van der Waals surface area contributed by atoms with Crippen LogP contribution in [0.1, 0.15) is 22.5 Å². The van der Waals surface area contributed by atoms with Crippen molar-refractivity contribution in [1.29, 1.82) is 5.26 Å². The minimum Gasteiger partial charge on any atom is -0.496 e. The fraction of sp³-hybridized carbons (Fsp3) is 0.231. The van der Waals surface area contributed by atoms with E-state index in [0.29, 0.717) is 4.88 Å². The zero-order chi connectivity index (χ0) is 13.1. The number of hydrogen-bond donors (Lipinski definition) is 0. The van der Waals surface area contributed by atoms with Crippen molar-refractivity contribution in [3.05, 3.63) is 27.5 Å². The lowest BCUT2D eigenvalue weighted by Gasteiger charge is -2.01. The van der Waals surface area contributed by atoms with Crippen LogP contribution in [0.3, 0.4) is 0 Å². The van der Waals surface area contributed by atoms with Gasteiger partial charge in [-0.05, 0) is 39.5 Å². The fourth-order valence-corrected chi connectivity index (χ4v) is 3.19. The Hall–Kier alpha value is -1.38. The molecule has 1 aromatic heterocycles. The maximum atomic E-state index is 11.8. The zero-order valence-corrected chi connectivity index (χ0v) is 12.1. The smallest absolute Gasteiger partial charge is 0.173 e. The van der Waals surface area contributed by atoms with Crippen LogP contribution in [0.5, 0.6) is 5.75 Å². The third-order valence-electron chi connectivity index (χ3n) is 2.53. The summed E-state index contributed by atoms with van der Waals surface area (Å²) in [4.78, 5) is 12.5. The Balaban J connectivity index is 2.38. The molecule has 92 valence electrons. The van der Waals surface area contributed by atoms with Crippen molar-refractivity contribution in [2.45, 2.75) is 12.8 Å². The summed E-state index contributed by atoms with van der Waals surface area (Å²) in [6.45, 7) is 0. The first-order chi connectivity index (χ1) is 8.65. The molecule has 0 saturated heterocycles. The number of ether oxygens (including phenoxy) is 1. The number of carbonyl (C=O) groups excluding carboxylic acids is 1. The van der Waals surface area contributed by atoms with Crippen LogP contribution in [0.2, 0.25) is 0 Å². The number of fused-ring (bicyclic) bond motifs is 1. The average molecular weight is 324 g/mol. The molecule has 0 aliphatic carbocycles. The van der Waals surface area contributed by atoms with Gasteiger partial charge in [-0.3, -0.25) is 4.79 Å². The summed E-state index contributed by atoms with van der Waals surface area (Å²) in [7, 11) is 1.61. The minimum absolute atomic E-state index is 0.0211. The Morgan fingerprint density at radius 3 is 2.94 bits per heavy atom. The van der Waals surface area contributed by atoms with Gasteiger partial charge in [-0.25, -0.2) is 0 Å². The van der Waals surface area contributed by atoms with E-state index in [2.05, 4.69) is 15.9 Å². The van der Waals surface area contributed by atoms with Crippen LogP contribution in [0, 0.1) is 11.3 Å². The molecule has 0 saturated carbocycles. The number of rotatable bonds is 4. The molecule has 0 N–H and O–H groups in total. The first kappa shape index (κ1) is 13.1. The predicted molar refractivity (Wildman–Crippen MR) is 75.3 cm³/mol. The molecule has 0 aliphatic rings. The highest BCUT2D eigenvalue weighted by atomic mass is 79.9. The second-order valence-electron chi connectivity index (χ2n) is 3.72. The molecule has 0 aliphatic heterocycles. The number of halogens is 1. The molecule has 0 bridgehead atoms. The first-order valence-electron chi connectivity index (χ1n) is 5.33. The van der Waals surface area contributed by atoms with E-state index in [4.69, 9.17) is 10.00 Å². The standard InChI is InChI=1S/C13H10BrNO2S/c1-17-11-7-12-8(5-9(11)14)6-13(18-12)10(16)3-2-4-15/h5-7H,2-3H2,1H3. The van der Waals surface area contributed by atoms with Gasteiger partial charge in [-0.1, -0.05) is 0 Å². The molecule has 2 aromatic rings. The molecule has 1 heterocycles. The molecule has 0 spiro atoms. The Morgan fingerprint density at radius 2 is 2.28 bits per heavy atom. The number of thiophene rings is 1. The SMILES string of the molecule is COc1cc2sc(C(=O)CCC#N)cc2cc1Br. The van der Waals surface area contributed by atoms with Crippen LogP contribution in [-0.4, -0.2) is 12.9 Å². The van der Waals surface area contributed by atoms with Gasteiger partial charge in [0, 0.05) is 17.5 Å². The van der Waals surface area contributed by atoms with Gasteiger partial charge in [0.25, 0.3) is 0 Å². The third-order valence-corrected chi connectivity index (χ3v) is 4.29. The van der Waals surface area contributed by atoms with Crippen molar-refractivity contribution in [3.8, 4) is 11.8 Å². The number of benzene rings is 1. The second kappa shape index (κ2) is 5.51. The highest BCUT2D eigenvalue weighted by Crippen LogP contribution is 2.35. The van der Waals surface area contributed by atoms with Crippen molar-refractivity contribution in [3.63, 3.8) is 0 Å². The fourth-order valence-electron chi connectivity index (χ4n) is 1.63. The van der Waals surface area contributed by atoms with Crippen molar-refractivity contribution in [2.24, 2.45) is 0 Å². The van der Waals surface area contributed by atoms with Crippen molar-refractivity contribution in [1.82, 2.24) is 0 Å². The molecular weight excluding hydrogens is 314 g/mol. The number of ketones is 1. The molecule has 2 rings (SSSR count). The molecule has 0 amide bonds. The first-order valence-corrected chi connectivity index (χ1v) is 6.94. The zero-order valence-electron chi connectivity index (χ0n) is 9.70. The summed E-state index contributed by atoms with van der Waals surface area (Å²) in [5.41, 5.74) is 0. The van der Waals surface area contributed by atoms with Crippen LogP contribution in [0.15, 0.2) is 22.7 Å². The van der Waals surface area contributed by atoms with Gasteiger partial charge < -0.3 is 4.74 Å². The normalized spacial score (nSPS) is 10.3. The summed E-state index contributed by atoms with van der Waals surface area (Å²) >= 11 is 4.85. The molecule has 3 nitrogen and oxygen atoms in total. The number of methoxy groups -OCH3 is 1. The number of Topliss-reactive ketones (excluding diaryl/α,β-unsaturated/α-hetero) is 1. The maximum Gasteiger partial charge on any atom is 0.173 e. The Morgan fingerprint density at radius 1 is 1.50 bits per heavy atom. The number of nitriles is 1. The van der Waals surface area contributed by atoms with Gasteiger partial charge in [-0.2, -0.15) is 5.26 Å². The largest absolute Gasteiger partial charge is 0.496 e. The maximum absolute atomic E-state index is 11.8. The number of carbonyl (C=O) groups is 1. The lowest BCUT2D eigenvalue weighted by atomic mass is 10.2. The number of hydrogen-bond acceptors (Lipinski definition) is 4. The van der Waals surface area contributed by atoms with E-state index >= 15 is 0 Å². The predicted octanol–water partition coefficient (Wildman–Crippen LogP) is 4.16. The topological polar surface area (TPSA) is 50.1 Å². The molecular formula is C13H10BrNO2S. The Kier molecular flexibility index (Phi) is 4.00. The van der Waals surface area contributed by atoms with E-state index in [0.717, 1.165) is 20.3 Å². The summed E-state index contributed by atoms with van der Waals surface area (Å²) in [6, 6.07) is 7.69. The van der Waals surface area contributed by atoms with Crippen molar-refractivity contribution < 1.29 is 9.53 Å². The van der Waals surface area contributed by atoms with E-state index in [9.17, 15) is 4.79 Å². The average Bonchev–Trinajstić information content (AvgIpc) is 2.77. The Labute approximate surface area is 117 Å². The molecule has 18 heavy (non-hydrogen) atoms. The molecule has 0 fully saturated rings. The van der Waals surface area contributed by atoms with Gasteiger partial charge in [0.2, 0.25) is 0 Å². The lowest BCUT2D eigenvalue weighted by Crippen LogP contribution is -1.93. The molecule has 1 aromatic carbocycles. The van der Waals surface area contributed by atoms with E-state index in [1.165, 1.54) is 11.3 Å². The molecule has 0 atom stereocenters.